The van der Waals surface area contributed by atoms with E-state index in [9.17, 15) is 0 Å². The molecule has 0 bridgehead atoms. The fraction of sp³-hybridized carbons (Fsp3) is 0.389. The van der Waals surface area contributed by atoms with E-state index in [0.29, 0.717) is 19.7 Å². The number of nitrogens with one attached hydrogen (secondary N) is 2. The number of aryl methyl sites for hydroxylation is 1. The minimum atomic E-state index is 0. The maximum Gasteiger partial charge on any atom is 0.191 e. The molecule has 1 heterocycles. The summed E-state index contributed by atoms with van der Waals surface area (Å²) in [6, 6.07) is 11.8. The summed E-state index contributed by atoms with van der Waals surface area (Å²) in [6.07, 6.45) is 0. The van der Waals surface area contributed by atoms with Crippen molar-refractivity contribution in [2.24, 2.45) is 4.99 Å². The van der Waals surface area contributed by atoms with Crippen LogP contribution in [0.1, 0.15) is 16.7 Å². The molecule has 1 aromatic carbocycles. The van der Waals surface area contributed by atoms with E-state index < -0.39 is 0 Å². The van der Waals surface area contributed by atoms with Crippen molar-refractivity contribution in [3.8, 4) is 11.5 Å². The molecule has 0 amide bonds. The van der Waals surface area contributed by atoms with Crippen molar-refractivity contribution < 1.29 is 9.47 Å². The van der Waals surface area contributed by atoms with Crippen molar-refractivity contribution in [1.82, 2.24) is 10.6 Å². The molecule has 0 saturated heterocycles. The highest BCUT2D eigenvalue weighted by Gasteiger charge is 2.00. The average molecular weight is 475 g/mol. The monoisotopic (exact) mass is 475 g/mol. The first-order valence-electron chi connectivity index (χ1n) is 8.05. The van der Waals surface area contributed by atoms with Crippen LogP contribution in [-0.4, -0.2) is 32.8 Å². The average Bonchev–Trinajstić information content (AvgIpc) is 3.02. The van der Waals surface area contributed by atoms with Crippen LogP contribution in [0.15, 0.2) is 41.4 Å². The number of hydrogen-bond acceptors (Lipinski definition) is 4. The van der Waals surface area contributed by atoms with Gasteiger partial charge < -0.3 is 20.1 Å². The SMILES string of the molecule is CCNC(=NCc1ccc(C)s1)NCCOc1ccc(OC)cc1.I. The van der Waals surface area contributed by atoms with Crippen molar-refractivity contribution >= 4 is 41.3 Å². The molecule has 0 saturated carbocycles. The molecule has 5 nitrogen and oxygen atoms in total. The van der Waals surface area contributed by atoms with Gasteiger partial charge in [-0.15, -0.1) is 35.3 Å². The van der Waals surface area contributed by atoms with Gasteiger partial charge in [0.2, 0.25) is 0 Å². The number of rotatable bonds is 8. The first-order valence-corrected chi connectivity index (χ1v) is 8.87. The van der Waals surface area contributed by atoms with Crippen LogP contribution >= 0.6 is 35.3 Å². The Bertz CT molecular complexity index is 644. The molecule has 0 unspecified atom stereocenters. The first kappa shape index (κ1) is 21.6. The van der Waals surface area contributed by atoms with E-state index in [2.05, 4.69) is 41.6 Å². The Morgan fingerprint density at radius 2 is 1.80 bits per heavy atom. The zero-order valence-corrected chi connectivity index (χ0v) is 18.0. The predicted molar refractivity (Wildman–Crippen MR) is 116 cm³/mol. The number of guanidine groups is 1. The fourth-order valence-corrected chi connectivity index (χ4v) is 2.89. The van der Waals surface area contributed by atoms with Crippen LogP contribution in [0.5, 0.6) is 11.5 Å². The Kier molecular flexibility index (Phi) is 10.3. The zero-order chi connectivity index (χ0) is 17.2. The molecule has 0 fully saturated rings. The number of ether oxygens (including phenoxy) is 2. The topological polar surface area (TPSA) is 54.9 Å². The number of methoxy groups -OCH3 is 1. The van der Waals surface area contributed by atoms with Crippen molar-refractivity contribution in [1.29, 1.82) is 0 Å². The van der Waals surface area contributed by atoms with Crippen LogP contribution in [0.2, 0.25) is 0 Å². The Morgan fingerprint density at radius 3 is 2.40 bits per heavy atom. The van der Waals surface area contributed by atoms with Gasteiger partial charge in [-0.2, -0.15) is 0 Å². The Morgan fingerprint density at radius 1 is 1.08 bits per heavy atom. The van der Waals surface area contributed by atoms with Crippen molar-refractivity contribution in [2.45, 2.75) is 20.4 Å². The highest BCUT2D eigenvalue weighted by Crippen LogP contribution is 2.17. The minimum Gasteiger partial charge on any atom is -0.497 e. The van der Waals surface area contributed by atoms with E-state index in [4.69, 9.17) is 9.47 Å². The normalized spacial score (nSPS) is 10.8. The lowest BCUT2D eigenvalue weighted by atomic mass is 10.3. The number of thiophene rings is 1. The lowest BCUT2D eigenvalue weighted by Gasteiger charge is -2.12. The maximum atomic E-state index is 5.70. The van der Waals surface area contributed by atoms with E-state index >= 15 is 0 Å². The molecule has 0 atom stereocenters. The van der Waals surface area contributed by atoms with E-state index in [1.54, 1.807) is 18.4 Å². The quantitative estimate of drug-likeness (QED) is 0.264. The number of nitrogens with zero attached hydrogens (tertiary/aromatic N) is 1. The van der Waals surface area contributed by atoms with Crippen molar-refractivity contribution in [2.75, 3.05) is 26.8 Å². The van der Waals surface area contributed by atoms with Gasteiger partial charge in [-0.1, -0.05) is 0 Å². The first-order chi connectivity index (χ1) is 11.7. The highest BCUT2D eigenvalue weighted by molar-refractivity contribution is 14.0. The van der Waals surface area contributed by atoms with Crippen LogP contribution in [0.3, 0.4) is 0 Å². The molecule has 0 aliphatic heterocycles. The summed E-state index contributed by atoms with van der Waals surface area (Å²) >= 11 is 1.78. The summed E-state index contributed by atoms with van der Waals surface area (Å²) in [5, 5.41) is 6.53. The van der Waals surface area contributed by atoms with Gasteiger partial charge >= 0.3 is 0 Å². The van der Waals surface area contributed by atoms with E-state index in [1.165, 1.54) is 9.75 Å². The molecule has 25 heavy (non-hydrogen) atoms. The van der Waals surface area contributed by atoms with Gasteiger partial charge in [0.15, 0.2) is 5.96 Å². The van der Waals surface area contributed by atoms with Crippen molar-refractivity contribution in [3.63, 3.8) is 0 Å². The second kappa shape index (κ2) is 12.0. The molecule has 0 aliphatic rings. The highest BCUT2D eigenvalue weighted by atomic mass is 127. The summed E-state index contributed by atoms with van der Waals surface area (Å²) in [7, 11) is 1.65. The van der Waals surface area contributed by atoms with Crippen LogP contribution < -0.4 is 20.1 Å². The Labute approximate surface area is 170 Å². The van der Waals surface area contributed by atoms with Gasteiger partial charge in [0.25, 0.3) is 0 Å². The number of aliphatic imine (C=N–C) groups is 1. The van der Waals surface area contributed by atoms with Crippen LogP contribution in [0, 0.1) is 6.92 Å². The third-order valence-electron chi connectivity index (χ3n) is 3.26. The lowest BCUT2D eigenvalue weighted by Crippen LogP contribution is -2.39. The predicted octanol–water partition coefficient (Wildman–Crippen LogP) is 3.82. The molecular weight excluding hydrogens is 449 g/mol. The third kappa shape index (κ3) is 7.96. The van der Waals surface area contributed by atoms with Gasteiger partial charge in [0.05, 0.1) is 20.2 Å². The lowest BCUT2D eigenvalue weighted by molar-refractivity contribution is 0.321. The molecule has 2 N–H and O–H groups in total. The summed E-state index contributed by atoms with van der Waals surface area (Å²) in [6.45, 7) is 6.93. The van der Waals surface area contributed by atoms with Gasteiger partial charge in [-0.05, 0) is 50.2 Å². The van der Waals surface area contributed by atoms with E-state index in [-0.39, 0.29) is 24.0 Å². The van der Waals surface area contributed by atoms with Gasteiger partial charge in [0, 0.05) is 16.3 Å². The minimum absolute atomic E-state index is 0. The number of benzene rings is 1. The molecule has 1 aromatic heterocycles. The molecule has 0 spiro atoms. The van der Waals surface area contributed by atoms with Crippen LogP contribution in [0.4, 0.5) is 0 Å². The molecule has 0 aliphatic carbocycles. The second-order valence-corrected chi connectivity index (χ2v) is 6.53. The third-order valence-corrected chi connectivity index (χ3v) is 4.24. The van der Waals surface area contributed by atoms with Gasteiger partial charge in [-0.3, -0.25) is 0 Å². The van der Waals surface area contributed by atoms with Gasteiger partial charge in [-0.25, -0.2) is 4.99 Å². The van der Waals surface area contributed by atoms with Crippen molar-refractivity contribution in [3.05, 3.63) is 46.2 Å². The summed E-state index contributed by atoms with van der Waals surface area (Å²) in [4.78, 5) is 7.17. The molecule has 0 radical (unpaired) electrons. The van der Waals surface area contributed by atoms with Crippen LogP contribution in [-0.2, 0) is 6.54 Å². The Hall–Kier alpha value is -1.48. The van der Waals surface area contributed by atoms with Gasteiger partial charge in [0.1, 0.15) is 18.1 Å². The largest absolute Gasteiger partial charge is 0.497 e. The Balaban J connectivity index is 0.00000312. The summed E-state index contributed by atoms with van der Waals surface area (Å²) < 4.78 is 10.8. The molecule has 138 valence electrons. The molecule has 7 heteroatoms. The maximum absolute atomic E-state index is 5.70. The summed E-state index contributed by atoms with van der Waals surface area (Å²) in [5.74, 6) is 2.46. The molecular formula is C18H26IN3O2S. The fourth-order valence-electron chi connectivity index (χ4n) is 2.08. The standard InChI is InChI=1S/C18H25N3O2S.HI/c1-4-19-18(21-13-17-10-5-14(2)24-17)20-11-12-23-16-8-6-15(22-3)7-9-16;/h5-10H,4,11-13H2,1-3H3,(H2,19,20,21);1H. The van der Waals surface area contributed by atoms with E-state index in [1.807, 2.05) is 24.3 Å². The zero-order valence-electron chi connectivity index (χ0n) is 14.9. The smallest absolute Gasteiger partial charge is 0.191 e. The second-order valence-electron chi connectivity index (χ2n) is 5.16. The molecule has 2 rings (SSSR count). The number of halogens is 1. The summed E-state index contributed by atoms with van der Waals surface area (Å²) in [5.41, 5.74) is 0. The van der Waals surface area contributed by atoms with Crippen LogP contribution in [0.25, 0.3) is 0 Å². The van der Waals surface area contributed by atoms with E-state index in [0.717, 1.165) is 24.0 Å². The number of hydrogen-bond donors (Lipinski definition) is 2. The molecule has 2 aromatic rings.